The van der Waals surface area contributed by atoms with Crippen molar-refractivity contribution in [1.82, 2.24) is 0 Å². The van der Waals surface area contributed by atoms with Crippen molar-refractivity contribution in [2.45, 2.75) is 35.0 Å². The summed E-state index contributed by atoms with van der Waals surface area (Å²) in [7, 11) is -6.12. The smallest absolute Gasteiger partial charge is 0.484 e. The molecule has 0 fully saturated rings. The van der Waals surface area contributed by atoms with Crippen LogP contribution in [0.1, 0.15) is 17.2 Å². The first-order valence-electron chi connectivity index (χ1n) is 6.30. The highest BCUT2D eigenvalue weighted by Crippen LogP contribution is 2.50. The molecule has 1 N–H and O–H groups in total. The van der Waals surface area contributed by atoms with Crippen LogP contribution in [-0.2, 0) is 16.3 Å². The fraction of sp³-hybridized carbons (Fsp3) is 0.500. The minimum atomic E-state index is -6.12. The predicted octanol–water partition coefficient (Wildman–Crippen LogP) is 3.15. The van der Waals surface area contributed by atoms with E-state index in [0.717, 1.165) is 0 Å². The van der Waals surface area contributed by atoms with Crippen LogP contribution in [-0.4, -0.2) is 37.7 Å². The van der Waals surface area contributed by atoms with Gasteiger partial charge in [0.25, 0.3) is 15.8 Å². The minimum Gasteiger partial charge on any atom is -0.484 e. The molecule has 1 aromatic carbocycles. The molecule has 1 aliphatic carbocycles. The topological polar surface area (TPSA) is 63.6 Å². The maximum atomic E-state index is 13.6. The number of fused-ring (bicyclic) bond motifs is 1. The molecule has 25 heavy (non-hydrogen) atoms. The summed E-state index contributed by atoms with van der Waals surface area (Å²) >= 11 is 0. The van der Waals surface area contributed by atoms with Crippen LogP contribution in [0, 0.1) is 0 Å². The van der Waals surface area contributed by atoms with E-state index in [9.17, 15) is 48.6 Å². The second kappa shape index (κ2) is 5.69. The van der Waals surface area contributed by atoms with Gasteiger partial charge in [0.2, 0.25) is 0 Å². The Hall–Kier alpha value is -1.63. The highest BCUT2D eigenvalue weighted by atomic mass is 32.2. The molecule has 4 nitrogen and oxygen atoms in total. The number of ether oxygens (including phenoxy) is 1. The summed E-state index contributed by atoms with van der Waals surface area (Å²) in [5.74, 6) is -4.96. The molecule has 0 saturated carbocycles. The van der Waals surface area contributed by atoms with E-state index in [4.69, 9.17) is 0 Å². The third-order valence-corrected chi connectivity index (χ3v) is 4.89. The normalized spacial score (nSPS) is 20.4. The Morgan fingerprint density at radius 3 is 2.20 bits per heavy atom. The number of sulfone groups is 1. The molecule has 0 aromatic heterocycles. The Balaban J connectivity index is 2.63. The Morgan fingerprint density at radius 2 is 1.72 bits per heavy atom. The number of benzene rings is 1. The lowest BCUT2D eigenvalue weighted by Gasteiger charge is -2.18. The zero-order valence-corrected chi connectivity index (χ0v) is 12.6. The molecule has 13 heteroatoms. The number of hydrogen-bond donors (Lipinski definition) is 1. The average molecular weight is 400 g/mol. The largest absolute Gasteiger partial charge is 0.501 e. The summed E-state index contributed by atoms with van der Waals surface area (Å²) < 4.78 is 129. The lowest BCUT2D eigenvalue weighted by Crippen LogP contribution is -2.26. The zero-order chi connectivity index (χ0) is 19.4. The molecule has 0 amide bonds. The van der Waals surface area contributed by atoms with Crippen molar-refractivity contribution < 1.29 is 53.4 Å². The summed E-state index contributed by atoms with van der Waals surface area (Å²) in [4.78, 5) is -1.65. The highest BCUT2D eigenvalue weighted by molar-refractivity contribution is 7.92. The second-order valence-electron chi connectivity index (χ2n) is 5.15. The van der Waals surface area contributed by atoms with E-state index in [0.29, 0.717) is 6.07 Å². The molecular formula is C12H8F8O4S. The van der Waals surface area contributed by atoms with E-state index >= 15 is 0 Å². The van der Waals surface area contributed by atoms with Crippen LogP contribution in [0.3, 0.4) is 0 Å². The quantitative estimate of drug-likeness (QED) is 0.792. The highest BCUT2D eigenvalue weighted by Gasteiger charge is 2.55. The number of aliphatic hydroxyl groups is 1. The van der Waals surface area contributed by atoms with Crippen LogP contribution >= 0.6 is 0 Å². The fourth-order valence-corrected chi connectivity index (χ4v) is 3.32. The maximum Gasteiger partial charge on any atom is 0.501 e. The molecule has 0 bridgehead atoms. The van der Waals surface area contributed by atoms with Crippen molar-refractivity contribution in [1.29, 1.82) is 0 Å². The van der Waals surface area contributed by atoms with Crippen molar-refractivity contribution >= 4 is 9.84 Å². The van der Waals surface area contributed by atoms with Crippen molar-refractivity contribution in [2.75, 3.05) is 6.61 Å². The summed E-state index contributed by atoms with van der Waals surface area (Å²) in [6.07, 6.45) is -9.29. The van der Waals surface area contributed by atoms with Gasteiger partial charge in [0.05, 0.1) is 4.90 Å². The Kier molecular flexibility index (Phi) is 4.48. The van der Waals surface area contributed by atoms with Crippen molar-refractivity contribution in [2.24, 2.45) is 0 Å². The lowest BCUT2D eigenvalue weighted by molar-refractivity contribution is -0.153. The molecule has 0 radical (unpaired) electrons. The van der Waals surface area contributed by atoms with Gasteiger partial charge in [-0.25, -0.2) is 17.2 Å². The van der Waals surface area contributed by atoms with Crippen LogP contribution in [0.15, 0.2) is 17.0 Å². The standard InChI is InChI=1S/C12H8F8O4S/c13-10(14)3-5-6(24-4-11(15,16)17)1-2-7(8(5)9(10)21)25(22,23)12(18,19)20/h1-2,9,21H,3-4H2/t9-/m0/s1. The molecule has 0 aliphatic heterocycles. The van der Waals surface area contributed by atoms with Crippen molar-refractivity contribution in [3.05, 3.63) is 23.3 Å². The van der Waals surface area contributed by atoms with Crippen LogP contribution in [0.25, 0.3) is 0 Å². The van der Waals surface area contributed by atoms with Gasteiger partial charge in [0, 0.05) is 17.5 Å². The molecule has 0 unspecified atom stereocenters. The molecule has 0 heterocycles. The van der Waals surface area contributed by atoms with Gasteiger partial charge in [-0.2, -0.15) is 26.3 Å². The molecule has 1 aliphatic rings. The van der Waals surface area contributed by atoms with E-state index in [-0.39, 0.29) is 6.07 Å². The van der Waals surface area contributed by atoms with Gasteiger partial charge >= 0.3 is 11.7 Å². The second-order valence-corrected chi connectivity index (χ2v) is 7.06. The third-order valence-electron chi connectivity index (χ3n) is 3.35. The predicted molar refractivity (Wildman–Crippen MR) is 64.8 cm³/mol. The van der Waals surface area contributed by atoms with Crippen LogP contribution in [0.2, 0.25) is 0 Å². The summed E-state index contributed by atoms with van der Waals surface area (Å²) in [5.41, 5.74) is -8.10. The Morgan fingerprint density at radius 1 is 1.16 bits per heavy atom. The summed E-state index contributed by atoms with van der Waals surface area (Å²) in [6, 6.07) is 0.593. The van der Waals surface area contributed by atoms with E-state index in [1.165, 1.54) is 0 Å². The van der Waals surface area contributed by atoms with Gasteiger partial charge in [0.1, 0.15) is 11.9 Å². The SMILES string of the molecule is O=S(=O)(c1ccc(OCC(F)(F)F)c2c1[C@H](O)C(F)(F)C2)C(F)(F)F. The van der Waals surface area contributed by atoms with Crippen molar-refractivity contribution in [3.8, 4) is 5.75 Å². The Labute approximate surface area is 134 Å². The summed E-state index contributed by atoms with van der Waals surface area (Å²) in [6.45, 7) is -1.94. The van der Waals surface area contributed by atoms with Gasteiger partial charge in [-0.05, 0) is 12.1 Å². The lowest BCUT2D eigenvalue weighted by atomic mass is 10.1. The van der Waals surface area contributed by atoms with Gasteiger partial charge < -0.3 is 9.84 Å². The first-order valence-corrected chi connectivity index (χ1v) is 7.79. The van der Waals surface area contributed by atoms with E-state index in [1.54, 1.807) is 0 Å². The molecule has 142 valence electrons. The number of rotatable bonds is 3. The average Bonchev–Trinajstić information content (AvgIpc) is 2.65. The molecule has 0 spiro atoms. The Bertz CT molecular complexity index is 782. The van der Waals surface area contributed by atoms with Crippen molar-refractivity contribution in [3.63, 3.8) is 0 Å². The molecule has 0 saturated heterocycles. The van der Waals surface area contributed by atoms with Crippen LogP contribution in [0.5, 0.6) is 5.75 Å². The number of aliphatic hydroxyl groups excluding tert-OH is 1. The van der Waals surface area contributed by atoms with Gasteiger partial charge in [-0.1, -0.05) is 0 Å². The van der Waals surface area contributed by atoms with E-state index < -0.39 is 68.3 Å². The maximum absolute atomic E-state index is 13.6. The minimum absolute atomic E-state index is 0.179. The van der Waals surface area contributed by atoms with Gasteiger partial charge in [-0.3, -0.25) is 0 Å². The number of hydrogen-bond acceptors (Lipinski definition) is 4. The first kappa shape index (κ1) is 19.7. The van der Waals surface area contributed by atoms with Gasteiger partial charge in [-0.15, -0.1) is 0 Å². The monoisotopic (exact) mass is 400 g/mol. The number of halogens is 8. The van der Waals surface area contributed by atoms with Crippen LogP contribution < -0.4 is 4.74 Å². The number of alkyl halides is 8. The molecular weight excluding hydrogens is 392 g/mol. The molecule has 1 atom stereocenters. The zero-order valence-electron chi connectivity index (χ0n) is 11.8. The molecule has 2 rings (SSSR count). The summed E-state index contributed by atoms with van der Waals surface area (Å²) in [5, 5.41) is 9.51. The van der Waals surface area contributed by atoms with E-state index in [1.807, 2.05) is 0 Å². The fourth-order valence-electron chi connectivity index (χ4n) is 2.30. The van der Waals surface area contributed by atoms with E-state index in [2.05, 4.69) is 4.74 Å². The van der Waals surface area contributed by atoms with Gasteiger partial charge in [0.15, 0.2) is 6.61 Å². The molecule has 1 aromatic rings. The first-order chi connectivity index (χ1) is 11.1. The van der Waals surface area contributed by atoms with Crippen LogP contribution in [0.4, 0.5) is 35.1 Å². The third kappa shape index (κ3) is 3.52.